The van der Waals surface area contributed by atoms with Crippen molar-refractivity contribution in [3.8, 4) is 0 Å². The number of anilines is 14. The van der Waals surface area contributed by atoms with Gasteiger partial charge in [-0.25, -0.2) is 9.97 Å². The first kappa shape index (κ1) is 58.2. The SMILES string of the molecule is Cc1ccccc1N1c2cc(C(C)(C)C)ccc2N(c2ccccc2)C1C.Cc1ccccc1N1c2ccccc2N(c2ccccc2)C1C.Cc1ccccc1N1c2cccnc2N(C)C1C.Cc1ccccc1N1c2ncccc2N(C)C1C. The van der Waals surface area contributed by atoms with Gasteiger partial charge in [-0.15, -0.1) is 0 Å². The molecule has 436 valence electrons. The van der Waals surface area contributed by atoms with Crippen molar-refractivity contribution in [2.75, 3.05) is 53.3 Å². The molecule has 0 bridgehead atoms. The molecule has 4 atom stereocenters. The number of fused-ring (bicyclic) bond motifs is 4. The topological polar surface area (TPSA) is 51.7 Å². The third-order valence-corrected chi connectivity index (χ3v) is 17.4. The van der Waals surface area contributed by atoms with E-state index in [0.717, 1.165) is 11.6 Å². The molecule has 10 heteroatoms. The number of benzene rings is 8. The van der Waals surface area contributed by atoms with Crippen molar-refractivity contribution in [1.82, 2.24) is 9.97 Å². The van der Waals surface area contributed by atoms with Crippen LogP contribution in [0.1, 0.15) is 76.3 Å². The van der Waals surface area contributed by atoms with E-state index in [9.17, 15) is 0 Å². The first-order valence-electron chi connectivity index (χ1n) is 30.2. The van der Waals surface area contributed by atoms with Gasteiger partial charge < -0.3 is 39.2 Å². The number of pyridine rings is 2. The molecule has 14 rings (SSSR count). The van der Waals surface area contributed by atoms with Crippen LogP contribution in [0.2, 0.25) is 0 Å². The average Bonchev–Trinajstić information content (AvgIpc) is 2.05. The van der Waals surface area contributed by atoms with Crippen LogP contribution in [0, 0.1) is 27.7 Å². The highest BCUT2D eigenvalue weighted by Gasteiger charge is 2.38. The molecular formula is C76H82N10. The van der Waals surface area contributed by atoms with Gasteiger partial charge in [-0.2, -0.15) is 0 Å². The fourth-order valence-electron chi connectivity index (χ4n) is 12.6. The number of hydrogen-bond donors (Lipinski definition) is 0. The first-order chi connectivity index (χ1) is 41.5. The molecule has 4 aliphatic heterocycles. The molecule has 10 nitrogen and oxygen atoms in total. The molecule has 0 amide bonds. The van der Waals surface area contributed by atoms with E-state index < -0.39 is 0 Å². The van der Waals surface area contributed by atoms with E-state index in [1.807, 2.05) is 24.5 Å². The Labute approximate surface area is 511 Å². The predicted octanol–water partition coefficient (Wildman–Crippen LogP) is 19.2. The lowest BCUT2D eigenvalue weighted by Crippen LogP contribution is -2.36. The quantitative estimate of drug-likeness (QED) is 0.161. The molecule has 0 saturated carbocycles. The van der Waals surface area contributed by atoms with Gasteiger partial charge in [-0.05, 0) is 186 Å². The van der Waals surface area contributed by atoms with Gasteiger partial charge in [0, 0.05) is 60.6 Å². The molecule has 0 N–H and O–H groups in total. The second-order valence-electron chi connectivity index (χ2n) is 23.9. The van der Waals surface area contributed by atoms with Crippen molar-refractivity contribution in [2.45, 2.75) is 106 Å². The molecule has 86 heavy (non-hydrogen) atoms. The first-order valence-corrected chi connectivity index (χ1v) is 30.2. The summed E-state index contributed by atoms with van der Waals surface area (Å²) < 4.78 is 0. The van der Waals surface area contributed by atoms with Crippen LogP contribution in [0.3, 0.4) is 0 Å². The smallest absolute Gasteiger partial charge is 0.158 e. The van der Waals surface area contributed by atoms with E-state index >= 15 is 0 Å². The Kier molecular flexibility index (Phi) is 16.6. The minimum atomic E-state index is 0.121. The van der Waals surface area contributed by atoms with Crippen LogP contribution in [0.25, 0.3) is 0 Å². The number of nitrogens with zero attached hydrogens (tertiary/aromatic N) is 10. The van der Waals surface area contributed by atoms with Gasteiger partial charge in [0.05, 0.1) is 34.1 Å². The van der Waals surface area contributed by atoms with Crippen LogP contribution < -0.4 is 39.2 Å². The van der Waals surface area contributed by atoms with Crippen LogP contribution in [0.15, 0.2) is 237 Å². The molecule has 2 aromatic heterocycles. The van der Waals surface area contributed by atoms with Gasteiger partial charge in [0.1, 0.15) is 24.7 Å². The zero-order valence-corrected chi connectivity index (χ0v) is 52.3. The molecule has 8 aromatic carbocycles. The van der Waals surface area contributed by atoms with Crippen LogP contribution in [-0.2, 0) is 5.41 Å². The maximum Gasteiger partial charge on any atom is 0.158 e. The zero-order valence-electron chi connectivity index (χ0n) is 52.3. The van der Waals surface area contributed by atoms with E-state index in [4.69, 9.17) is 0 Å². The van der Waals surface area contributed by atoms with Crippen molar-refractivity contribution < 1.29 is 0 Å². The van der Waals surface area contributed by atoms with Crippen molar-refractivity contribution >= 4 is 79.9 Å². The molecule has 0 aliphatic carbocycles. The summed E-state index contributed by atoms with van der Waals surface area (Å²) in [4.78, 5) is 27.9. The standard InChI is InChI=1S/C25H28N2.C21H20N2.2C15H17N3/c1-18-11-9-10-14-22(18)27-19(2)26(21-12-7-6-8-13-21)23-16-15-20(17-24(23)27)25(3,4)5;1-16-10-6-7-13-19(16)23-17(2)22(18-11-4-3-5-12-18)20-14-8-9-15-21(20)23;1-11-7-4-5-8-13(11)18-12(2)17(3)15-14(18)9-6-10-16-15;1-11-7-4-5-8-13(11)18-12(2)17(3)14-9-6-10-16-15(14)18/h6-17,19H,1-5H3;3-15,17H,1-2H3;2*4-10,12H,1-3H3. The van der Waals surface area contributed by atoms with E-state index in [0.29, 0.717) is 0 Å². The van der Waals surface area contributed by atoms with Gasteiger partial charge in [0.25, 0.3) is 0 Å². The summed E-state index contributed by atoms with van der Waals surface area (Å²) in [5.74, 6) is 2.09. The lowest BCUT2D eigenvalue weighted by Gasteiger charge is -2.31. The van der Waals surface area contributed by atoms with E-state index in [-0.39, 0.29) is 30.1 Å². The fraction of sp³-hybridized carbons (Fsp3) is 0.237. The predicted molar refractivity (Wildman–Crippen MR) is 365 cm³/mol. The fourth-order valence-corrected chi connectivity index (χ4v) is 12.6. The Bertz CT molecular complexity index is 3850. The molecule has 10 aromatic rings. The number of aromatic nitrogens is 2. The Morgan fingerprint density at radius 2 is 0.628 bits per heavy atom. The van der Waals surface area contributed by atoms with Crippen LogP contribution >= 0.6 is 0 Å². The Balaban J connectivity index is 0.000000121. The third kappa shape index (κ3) is 11.1. The van der Waals surface area contributed by atoms with Gasteiger partial charge >= 0.3 is 0 Å². The van der Waals surface area contributed by atoms with Crippen LogP contribution in [0.5, 0.6) is 0 Å². The van der Waals surface area contributed by atoms with Crippen molar-refractivity contribution in [2.24, 2.45) is 0 Å². The van der Waals surface area contributed by atoms with Crippen molar-refractivity contribution in [1.29, 1.82) is 0 Å². The molecule has 4 aliphatic rings. The minimum Gasteiger partial charge on any atom is -0.351 e. The highest BCUT2D eigenvalue weighted by Crippen LogP contribution is 2.51. The summed E-state index contributed by atoms with van der Waals surface area (Å²) in [5, 5.41) is 0. The molecule has 4 unspecified atom stereocenters. The molecule has 6 heterocycles. The zero-order chi connectivity index (χ0) is 60.4. The highest BCUT2D eigenvalue weighted by molar-refractivity contribution is 5.91. The summed E-state index contributed by atoms with van der Waals surface area (Å²) in [6.07, 6.45) is 4.72. The molecule has 0 radical (unpaired) electrons. The summed E-state index contributed by atoms with van der Waals surface area (Å²) in [7, 11) is 4.21. The summed E-state index contributed by atoms with van der Waals surface area (Å²) in [5.41, 5.74) is 21.6. The van der Waals surface area contributed by atoms with Crippen molar-refractivity contribution in [3.05, 3.63) is 265 Å². The van der Waals surface area contributed by atoms with Gasteiger partial charge in [-0.1, -0.05) is 148 Å². The highest BCUT2D eigenvalue weighted by atomic mass is 15.4. The Hall–Kier alpha value is -9.54. The van der Waals surface area contributed by atoms with Gasteiger partial charge in [0.2, 0.25) is 0 Å². The van der Waals surface area contributed by atoms with E-state index in [2.05, 4.69) is 352 Å². The monoisotopic (exact) mass is 1130 g/mol. The average molecular weight is 1140 g/mol. The van der Waals surface area contributed by atoms with Gasteiger partial charge in [0.15, 0.2) is 11.6 Å². The molecule has 0 saturated heterocycles. The number of rotatable bonds is 6. The lowest BCUT2D eigenvalue weighted by molar-refractivity contribution is 0.590. The molecular weight excluding hydrogens is 1050 g/mol. The summed E-state index contributed by atoms with van der Waals surface area (Å²) in [6, 6.07) is 79.3. The Morgan fingerprint density at radius 3 is 1.08 bits per heavy atom. The lowest BCUT2D eigenvalue weighted by atomic mass is 9.86. The van der Waals surface area contributed by atoms with Crippen molar-refractivity contribution in [3.63, 3.8) is 0 Å². The maximum absolute atomic E-state index is 4.54. The largest absolute Gasteiger partial charge is 0.351 e. The molecule has 0 spiro atoms. The molecule has 0 fully saturated rings. The van der Waals surface area contributed by atoms with Crippen LogP contribution in [0.4, 0.5) is 79.9 Å². The Morgan fingerprint density at radius 1 is 0.291 bits per heavy atom. The van der Waals surface area contributed by atoms with Crippen LogP contribution in [-0.4, -0.2) is 48.7 Å². The maximum atomic E-state index is 4.54. The second kappa shape index (κ2) is 24.6. The van der Waals surface area contributed by atoms with E-state index in [1.165, 1.54) is 96.1 Å². The number of aryl methyl sites for hydroxylation is 4. The summed E-state index contributed by atoms with van der Waals surface area (Å²) in [6.45, 7) is 24.5. The third-order valence-electron chi connectivity index (χ3n) is 17.4. The minimum absolute atomic E-state index is 0.121. The summed E-state index contributed by atoms with van der Waals surface area (Å²) >= 11 is 0. The van der Waals surface area contributed by atoms with E-state index in [1.54, 1.807) is 0 Å². The normalized spacial score (nSPS) is 17.2. The number of hydrogen-bond acceptors (Lipinski definition) is 10. The van der Waals surface area contributed by atoms with Gasteiger partial charge in [-0.3, -0.25) is 0 Å². The number of para-hydroxylation sites is 8. The second-order valence-corrected chi connectivity index (χ2v) is 23.9.